The number of nitrogens with one attached hydrogen (secondary N) is 1. The van der Waals surface area contributed by atoms with E-state index in [1.807, 2.05) is 26.0 Å². The Kier molecular flexibility index (Phi) is 4.81. The first-order valence-electron chi connectivity index (χ1n) is 9.56. The Morgan fingerprint density at radius 3 is 2.89 bits per heavy atom. The molecule has 144 valence electrons. The van der Waals surface area contributed by atoms with Gasteiger partial charge in [-0.15, -0.1) is 0 Å². The minimum Gasteiger partial charge on any atom is -0.345 e. The van der Waals surface area contributed by atoms with Crippen LogP contribution in [-0.4, -0.2) is 20.6 Å². The summed E-state index contributed by atoms with van der Waals surface area (Å²) in [7, 11) is 0. The SMILES string of the molecule is CCc1nc(-c2ccc3c(c2)CCC3NC(=O)c2ccc(=O)n(CC)c2)no1. The molecule has 0 radical (unpaired) electrons. The van der Waals surface area contributed by atoms with Crippen molar-refractivity contribution < 1.29 is 9.32 Å². The van der Waals surface area contributed by atoms with E-state index in [4.69, 9.17) is 4.52 Å². The minimum absolute atomic E-state index is 0.0463. The molecule has 0 saturated heterocycles. The Hall–Kier alpha value is -3.22. The highest BCUT2D eigenvalue weighted by Crippen LogP contribution is 2.33. The van der Waals surface area contributed by atoms with Crippen molar-refractivity contribution in [1.82, 2.24) is 20.0 Å². The van der Waals surface area contributed by atoms with Crippen LogP contribution < -0.4 is 10.9 Å². The first-order valence-corrected chi connectivity index (χ1v) is 9.56. The molecule has 3 aromatic rings. The summed E-state index contributed by atoms with van der Waals surface area (Å²) < 4.78 is 6.72. The fraction of sp³-hybridized carbons (Fsp3) is 0.333. The maximum absolute atomic E-state index is 12.7. The van der Waals surface area contributed by atoms with Crippen molar-refractivity contribution in [3.05, 3.63) is 69.5 Å². The van der Waals surface area contributed by atoms with Crippen molar-refractivity contribution in [2.75, 3.05) is 0 Å². The molecule has 1 atom stereocenters. The van der Waals surface area contributed by atoms with Gasteiger partial charge in [-0.25, -0.2) is 0 Å². The van der Waals surface area contributed by atoms with Crippen LogP contribution in [-0.2, 0) is 19.4 Å². The van der Waals surface area contributed by atoms with E-state index in [2.05, 4.69) is 21.5 Å². The molecule has 0 bridgehead atoms. The monoisotopic (exact) mass is 378 g/mol. The van der Waals surface area contributed by atoms with Gasteiger partial charge in [0.25, 0.3) is 11.5 Å². The minimum atomic E-state index is -0.171. The lowest BCUT2D eigenvalue weighted by atomic mass is 10.0. The molecular formula is C21H22N4O3. The molecule has 1 unspecified atom stereocenters. The number of amides is 1. The Morgan fingerprint density at radius 1 is 1.29 bits per heavy atom. The van der Waals surface area contributed by atoms with Crippen LogP contribution in [0.3, 0.4) is 0 Å². The first kappa shape index (κ1) is 18.2. The number of carbonyl (C=O) groups is 1. The maximum atomic E-state index is 12.7. The summed E-state index contributed by atoms with van der Waals surface area (Å²) in [5.74, 6) is 1.04. The number of hydrogen-bond acceptors (Lipinski definition) is 5. The average Bonchev–Trinajstić information content (AvgIpc) is 3.35. The van der Waals surface area contributed by atoms with Crippen LogP contribution in [0.15, 0.2) is 45.8 Å². The van der Waals surface area contributed by atoms with Gasteiger partial charge in [0.1, 0.15) is 0 Å². The zero-order valence-corrected chi connectivity index (χ0v) is 15.9. The number of rotatable bonds is 5. The largest absolute Gasteiger partial charge is 0.345 e. The van der Waals surface area contributed by atoms with Crippen molar-refractivity contribution >= 4 is 5.91 Å². The molecule has 0 aliphatic heterocycles. The number of pyridine rings is 1. The number of aromatic nitrogens is 3. The number of carbonyl (C=O) groups excluding carboxylic acids is 1. The third kappa shape index (κ3) is 3.35. The van der Waals surface area contributed by atoms with E-state index in [-0.39, 0.29) is 17.5 Å². The molecule has 1 amide bonds. The van der Waals surface area contributed by atoms with Gasteiger partial charge in [0, 0.05) is 30.8 Å². The number of benzene rings is 1. The highest BCUT2D eigenvalue weighted by atomic mass is 16.5. The van der Waals surface area contributed by atoms with Gasteiger partial charge in [-0.1, -0.05) is 24.2 Å². The van der Waals surface area contributed by atoms with Crippen molar-refractivity contribution in [3.8, 4) is 11.4 Å². The molecule has 1 aliphatic rings. The molecule has 2 aromatic heterocycles. The second kappa shape index (κ2) is 7.42. The van der Waals surface area contributed by atoms with E-state index in [1.165, 1.54) is 16.2 Å². The third-order valence-corrected chi connectivity index (χ3v) is 5.14. The van der Waals surface area contributed by atoms with Crippen LogP contribution in [0.2, 0.25) is 0 Å². The standard InChI is InChI=1S/C21H22N4O3/c1-3-18-23-20(24-28-18)14-5-8-16-13(11-14)6-9-17(16)22-21(27)15-7-10-19(26)25(4-2)12-15/h5,7-8,10-12,17H,3-4,6,9H2,1-2H3,(H,22,27). The highest BCUT2D eigenvalue weighted by Gasteiger charge is 2.25. The molecule has 0 spiro atoms. The Labute approximate surface area is 162 Å². The molecule has 7 heteroatoms. The topological polar surface area (TPSA) is 90.0 Å². The van der Waals surface area contributed by atoms with Gasteiger partial charge in [-0.05, 0) is 43.0 Å². The molecule has 7 nitrogen and oxygen atoms in total. The van der Waals surface area contributed by atoms with Gasteiger partial charge in [-0.2, -0.15) is 4.98 Å². The number of fused-ring (bicyclic) bond motifs is 1. The zero-order valence-electron chi connectivity index (χ0n) is 15.9. The highest BCUT2D eigenvalue weighted by molar-refractivity contribution is 5.94. The van der Waals surface area contributed by atoms with E-state index >= 15 is 0 Å². The van der Waals surface area contributed by atoms with E-state index in [0.717, 1.165) is 24.0 Å². The van der Waals surface area contributed by atoms with E-state index in [1.54, 1.807) is 12.3 Å². The zero-order chi connectivity index (χ0) is 19.7. The fourth-order valence-electron chi connectivity index (χ4n) is 3.58. The summed E-state index contributed by atoms with van der Waals surface area (Å²) >= 11 is 0. The van der Waals surface area contributed by atoms with Crippen LogP contribution in [0, 0.1) is 0 Å². The van der Waals surface area contributed by atoms with Gasteiger partial charge in [0.15, 0.2) is 0 Å². The van der Waals surface area contributed by atoms with Crippen LogP contribution in [0.5, 0.6) is 0 Å². The van der Waals surface area contributed by atoms with Gasteiger partial charge in [-0.3, -0.25) is 9.59 Å². The molecule has 1 aliphatic carbocycles. The van der Waals surface area contributed by atoms with Crippen LogP contribution in [0.4, 0.5) is 0 Å². The summed E-state index contributed by atoms with van der Waals surface area (Å²) in [6, 6.07) is 9.02. The third-order valence-electron chi connectivity index (χ3n) is 5.14. The van der Waals surface area contributed by atoms with Crippen molar-refractivity contribution in [2.24, 2.45) is 0 Å². The van der Waals surface area contributed by atoms with Crippen molar-refractivity contribution in [2.45, 2.75) is 45.7 Å². The Balaban J connectivity index is 1.53. The first-order chi connectivity index (χ1) is 13.6. The molecule has 0 fully saturated rings. The lowest BCUT2D eigenvalue weighted by Gasteiger charge is -2.15. The average molecular weight is 378 g/mol. The van der Waals surface area contributed by atoms with Crippen LogP contribution >= 0.6 is 0 Å². The predicted octanol–water partition coefficient (Wildman–Crippen LogP) is 2.90. The van der Waals surface area contributed by atoms with Crippen molar-refractivity contribution in [3.63, 3.8) is 0 Å². The molecule has 2 heterocycles. The molecule has 4 rings (SSSR count). The van der Waals surface area contributed by atoms with Gasteiger partial charge in [0.05, 0.1) is 11.6 Å². The van der Waals surface area contributed by atoms with Gasteiger partial charge >= 0.3 is 0 Å². The Morgan fingerprint density at radius 2 is 2.14 bits per heavy atom. The second-order valence-corrected chi connectivity index (χ2v) is 6.89. The molecule has 1 aromatic carbocycles. The van der Waals surface area contributed by atoms with E-state index in [0.29, 0.717) is 30.2 Å². The smallest absolute Gasteiger partial charge is 0.253 e. The fourth-order valence-corrected chi connectivity index (χ4v) is 3.58. The van der Waals surface area contributed by atoms with Gasteiger partial charge in [0.2, 0.25) is 11.7 Å². The lowest BCUT2D eigenvalue weighted by molar-refractivity contribution is 0.0936. The quantitative estimate of drug-likeness (QED) is 0.737. The number of hydrogen-bond donors (Lipinski definition) is 1. The molecular weight excluding hydrogens is 356 g/mol. The van der Waals surface area contributed by atoms with E-state index in [9.17, 15) is 9.59 Å². The summed E-state index contributed by atoms with van der Waals surface area (Å²) in [4.78, 5) is 28.8. The summed E-state index contributed by atoms with van der Waals surface area (Å²) in [6.07, 6.45) is 4.03. The maximum Gasteiger partial charge on any atom is 0.253 e. The van der Waals surface area contributed by atoms with Crippen LogP contribution in [0.25, 0.3) is 11.4 Å². The number of aryl methyl sites for hydroxylation is 3. The van der Waals surface area contributed by atoms with Crippen molar-refractivity contribution in [1.29, 1.82) is 0 Å². The predicted molar refractivity (Wildman–Crippen MR) is 104 cm³/mol. The normalized spacial score (nSPS) is 15.4. The Bertz CT molecular complexity index is 1080. The number of nitrogens with zero attached hydrogens (tertiary/aromatic N) is 3. The summed E-state index contributed by atoms with van der Waals surface area (Å²) in [5.41, 5.74) is 3.60. The molecule has 0 saturated carbocycles. The van der Waals surface area contributed by atoms with Gasteiger partial charge < -0.3 is 14.4 Å². The summed E-state index contributed by atoms with van der Waals surface area (Å²) in [5, 5.41) is 7.12. The molecule has 1 N–H and O–H groups in total. The molecule has 28 heavy (non-hydrogen) atoms. The van der Waals surface area contributed by atoms with E-state index < -0.39 is 0 Å². The summed E-state index contributed by atoms with van der Waals surface area (Å²) in [6.45, 7) is 4.38. The second-order valence-electron chi connectivity index (χ2n) is 6.89. The lowest BCUT2D eigenvalue weighted by Crippen LogP contribution is -2.29. The van der Waals surface area contributed by atoms with Crippen LogP contribution in [0.1, 0.15) is 53.7 Å².